The number of hydrogen-bond acceptors (Lipinski definition) is 8. The number of carbonyl (C=O) groups excluding carboxylic acids is 1. The van der Waals surface area contributed by atoms with Gasteiger partial charge in [-0.15, -0.1) is 11.3 Å². The number of fused-ring (bicyclic) bond motifs is 1. The molecule has 220 valence electrons. The van der Waals surface area contributed by atoms with Gasteiger partial charge in [-0.2, -0.15) is 23.3 Å². The fourth-order valence-electron chi connectivity index (χ4n) is 4.74. The van der Waals surface area contributed by atoms with E-state index in [1.165, 1.54) is 6.20 Å². The molecule has 1 amide bonds. The number of hydrogen-bond donors (Lipinski definition) is 2. The molecule has 0 unspecified atom stereocenters. The van der Waals surface area contributed by atoms with Crippen LogP contribution in [0.4, 0.5) is 23.2 Å². The Labute approximate surface area is 237 Å². The summed E-state index contributed by atoms with van der Waals surface area (Å²) in [5.74, 6) is -0.378. The van der Waals surface area contributed by atoms with Crippen molar-refractivity contribution >= 4 is 33.0 Å². The quantitative estimate of drug-likeness (QED) is 0.277. The van der Waals surface area contributed by atoms with Crippen molar-refractivity contribution in [2.75, 3.05) is 25.5 Å². The predicted octanol–water partition coefficient (Wildman–Crippen LogP) is 5.39. The molecule has 5 rings (SSSR count). The second kappa shape index (κ2) is 11.0. The van der Waals surface area contributed by atoms with Crippen LogP contribution in [0.15, 0.2) is 35.1 Å². The summed E-state index contributed by atoms with van der Waals surface area (Å²) in [4.78, 5) is 19.0. The van der Waals surface area contributed by atoms with Crippen LogP contribution in [0.5, 0.6) is 0 Å². The zero-order valence-electron chi connectivity index (χ0n) is 23.0. The van der Waals surface area contributed by atoms with Gasteiger partial charge in [0.25, 0.3) is 5.91 Å². The molecule has 4 heterocycles. The van der Waals surface area contributed by atoms with E-state index in [0.717, 1.165) is 11.3 Å². The SMILES string of the molecule is CN1CC[C@@H](Nc2cccc3c(CC(F)(F)F)c(-c4noc(CNC(=O)c5cnn(C(C)(C)C)c5)n4)sc23)[C@@H](F)C1. The topological polar surface area (TPSA) is 101 Å². The van der Waals surface area contributed by atoms with Crippen molar-refractivity contribution < 1.29 is 26.9 Å². The highest BCUT2D eigenvalue weighted by Gasteiger charge is 2.33. The summed E-state index contributed by atoms with van der Waals surface area (Å²) in [6.07, 6.45) is -3.15. The summed E-state index contributed by atoms with van der Waals surface area (Å²) in [5, 5.41) is 14.4. The van der Waals surface area contributed by atoms with Crippen LogP contribution in [0.3, 0.4) is 0 Å². The average molecular weight is 594 g/mol. The molecule has 1 fully saturated rings. The first kappa shape index (κ1) is 29.0. The number of carbonyl (C=O) groups is 1. The maximum absolute atomic E-state index is 14.7. The molecule has 0 saturated carbocycles. The fraction of sp³-hybridized carbons (Fsp3) is 0.481. The van der Waals surface area contributed by atoms with E-state index in [1.807, 2.05) is 32.7 Å². The van der Waals surface area contributed by atoms with Crippen molar-refractivity contribution in [2.45, 2.75) is 64.1 Å². The number of alkyl halides is 4. The minimum atomic E-state index is -4.48. The summed E-state index contributed by atoms with van der Waals surface area (Å²) in [5.41, 5.74) is 0.629. The third-order valence-corrected chi connectivity index (χ3v) is 8.16. The number of halogens is 4. The second-order valence-electron chi connectivity index (χ2n) is 11.2. The number of nitrogens with one attached hydrogen (secondary N) is 2. The Kier molecular flexibility index (Phi) is 7.81. The summed E-state index contributed by atoms with van der Waals surface area (Å²) < 4.78 is 63.3. The lowest BCUT2D eigenvalue weighted by atomic mass is 10.0. The smallest absolute Gasteiger partial charge is 0.378 e. The number of anilines is 1. The van der Waals surface area contributed by atoms with Crippen LogP contribution in [0.25, 0.3) is 20.8 Å². The van der Waals surface area contributed by atoms with E-state index in [1.54, 1.807) is 29.1 Å². The highest BCUT2D eigenvalue weighted by molar-refractivity contribution is 7.23. The molecule has 3 aromatic heterocycles. The van der Waals surface area contributed by atoms with Crippen LogP contribution in [0.1, 0.15) is 49.0 Å². The molecule has 1 aliphatic heterocycles. The van der Waals surface area contributed by atoms with E-state index in [0.29, 0.717) is 34.3 Å². The van der Waals surface area contributed by atoms with Gasteiger partial charge in [0.05, 0.1) is 51.6 Å². The Morgan fingerprint density at radius 1 is 1.24 bits per heavy atom. The van der Waals surface area contributed by atoms with Crippen molar-refractivity contribution in [1.29, 1.82) is 0 Å². The lowest BCUT2D eigenvalue weighted by Gasteiger charge is -2.33. The number of likely N-dealkylation sites (tertiary alicyclic amines) is 1. The van der Waals surface area contributed by atoms with Gasteiger partial charge in [-0.25, -0.2) is 4.39 Å². The number of aromatic nitrogens is 4. The molecule has 1 aromatic carbocycles. The standard InChI is InChI=1S/C27H31F4N7O2S/c1-26(2,3)38-13-15(11-33-38)25(39)32-12-21-35-24(36-40-21)23-17(10-27(29,30)31)16-6-5-7-20(22(16)41-23)34-19-8-9-37(4)14-18(19)28/h5-7,11,13,18-19,34H,8-10,12,14H2,1-4H3,(H,32,39)/t18-,19+/m0/s1. The fourth-order valence-corrected chi connectivity index (χ4v) is 5.97. The summed E-state index contributed by atoms with van der Waals surface area (Å²) in [6, 6.07) is 4.55. The van der Waals surface area contributed by atoms with Gasteiger partial charge in [-0.05, 0) is 51.3 Å². The third-order valence-electron chi connectivity index (χ3n) is 6.88. The van der Waals surface area contributed by atoms with Crippen molar-refractivity contribution in [3.05, 3.63) is 47.6 Å². The van der Waals surface area contributed by atoms with Gasteiger partial charge in [0.1, 0.15) is 6.17 Å². The van der Waals surface area contributed by atoms with Gasteiger partial charge in [0.15, 0.2) is 0 Å². The van der Waals surface area contributed by atoms with Gasteiger partial charge in [-0.1, -0.05) is 17.3 Å². The number of rotatable bonds is 7. The van der Waals surface area contributed by atoms with Gasteiger partial charge < -0.3 is 20.1 Å². The van der Waals surface area contributed by atoms with Gasteiger partial charge in [0.2, 0.25) is 11.7 Å². The van der Waals surface area contributed by atoms with Crippen LogP contribution in [0, 0.1) is 0 Å². The predicted molar refractivity (Wildman–Crippen MR) is 148 cm³/mol. The normalized spacial score (nSPS) is 18.6. The lowest BCUT2D eigenvalue weighted by Crippen LogP contribution is -2.46. The molecular formula is C27H31F4N7O2S. The summed E-state index contributed by atoms with van der Waals surface area (Å²) >= 11 is 1.10. The molecule has 9 nitrogen and oxygen atoms in total. The molecule has 1 aliphatic rings. The van der Waals surface area contributed by atoms with E-state index in [9.17, 15) is 22.4 Å². The molecule has 1 saturated heterocycles. The number of piperidine rings is 1. The average Bonchev–Trinajstić information content (AvgIpc) is 3.63. The van der Waals surface area contributed by atoms with E-state index in [4.69, 9.17) is 4.52 Å². The Bertz CT molecular complexity index is 1540. The first-order valence-corrected chi connectivity index (χ1v) is 14.0. The maximum Gasteiger partial charge on any atom is 0.393 e. The van der Waals surface area contributed by atoms with Crippen LogP contribution < -0.4 is 10.6 Å². The molecule has 0 bridgehead atoms. The van der Waals surface area contributed by atoms with Crippen LogP contribution in [0.2, 0.25) is 0 Å². The molecule has 0 aliphatic carbocycles. The minimum Gasteiger partial charge on any atom is -0.378 e. The first-order valence-electron chi connectivity index (χ1n) is 13.1. The van der Waals surface area contributed by atoms with Gasteiger partial charge in [-0.3, -0.25) is 9.48 Å². The monoisotopic (exact) mass is 593 g/mol. The molecular weight excluding hydrogens is 562 g/mol. The largest absolute Gasteiger partial charge is 0.393 e. The molecule has 41 heavy (non-hydrogen) atoms. The molecule has 2 N–H and O–H groups in total. The van der Waals surface area contributed by atoms with Crippen LogP contribution in [-0.4, -0.2) is 69.3 Å². The summed E-state index contributed by atoms with van der Waals surface area (Å²) in [7, 11) is 1.85. The Morgan fingerprint density at radius 3 is 2.71 bits per heavy atom. The zero-order valence-corrected chi connectivity index (χ0v) is 23.9. The van der Waals surface area contributed by atoms with E-state index >= 15 is 0 Å². The molecule has 0 radical (unpaired) electrons. The van der Waals surface area contributed by atoms with Gasteiger partial charge >= 0.3 is 6.18 Å². The van der Waals surface area contributed by atoms with E-state index in [2.05, 4.69) is 25.9 Å². The maximum atomic E-state index is 14.7. The van der Waals surface area contributed by atoms with Crippen molar-refractivity contribution in [3.8, 4) is 10.7 Å². The Balaban J connectivity index is 1.40. The molecule has 14 heteroatoms. The number of thiophene rings is 1. The van der Waals surface area contributed by atoms with E-state index < -0.39 is 30.7 Å². The Hall–Kier alpha value is -3.52. The van der Waals surface area contributed by atoms with Crippen LogP contribution >= 0.6 is 11.3 Å². The van der Waals surface area contributed by atoms with E-state index in [-0.39, 0.29) is 40.8 Å². The second-order valence-corrected chi connectivity index (χ2v) is 12.3. The molecule has 0 spiro atoms. The minimum absolute atomic E-state index is 0.0103. The summed E-state index contributed by atoms with van der Waals surface area (Å²) in [6.45, 7) is 6.73. The third kappa shape index (κ3) is 6.53. The Morgan fingerprint density at radius 2 is 2.02 bits per heavy atom. The number of nitrogens with zero attached hydrogens (tertiary/aromatic N) is 5. The highest BCUT2D eigenvalue weighted by atomic mass is 32.1. The van der Waals surface area contributed by atoms with Crippen molar-refractivity contribution in [2.24, 2.45) is 0 Å². The lowest BCUT2D eigenvalue weighted by molar-refractivity contribution is -0.126. The van der Waals surface area contributed by atoms with Crippen molar-refractivity contribution in [1.82, 2.24) is 30.1 Å². The molecule has 4 aromatic rings. The first-order chi connectivity index (χ1) is 19.3. The number of benzene rings is 1. The molecule has 2 atom stereocenters. The zero-order chi connectivity index (χ0) is 29.5. The van der Waals surface area contributed by atoms with Gasteiger partial charge in [0, 0.05) is 19.3 Å². The highest BCUT2D eigenvalue weighted by Crippen LogP contribution is 2.43. The number of amides is 1. The van der Waals surface area contributed by atoms with Crippen LogP contribution in [-0.2, 0) is 18.5 Å². The van der Waals surface area contributed by atoms with Crippen molar-refractivity contribution in [3.63, 3.8) is 0 Å².